The number of alkyl carbamates (subject to hydrolysis) is 1. The molecule has 1 amide bonds. The van der Waals surface area contributed by atoms with Crippen LogP contribution in [0.15, 0.2) is 22.8 Å². The van der Waals surface area contributed by atoms with Gasteiger partial charge >= 0.3 is 6.09 Å². The number of nitrogens with zero attached hydrogens (tertiary/aromatic N) is 2. The van der Waals surface area contributed by atoms with Crippen LogP contribution in [0.1, 0.15) is 33.6 Å². The lowest BCUT2D eigenvalue weighted by Gasteiger charge is -2.33. The number of rotatable bonds is 2. The van der Waals surface area contributed by atoms with Crippen LogP contribution in [0.4, 0.5) is 10.6 Å². The summed E-state index contributed by atoms with van der Waals surface area (Å²) in [5.41, 5.74) is -0.452. The molecule has 1 saturated heterocycles. The van der Waals surface area contributed by atoms with Crippen LogP contribution < -0.4 is 10.2 Å². The molecule has 21 heavy (non-hydrogen) atoms. The largest absolute Gasteiger partial charge is 0.444 e. The van der Waals surface area contributed by atoms with E-state index in [1.807, 2.05) is 32.9 Å². The van der Waals surface area contributed by atoms with Crippen molar-refractivity contribution in [1.29, 1.82) is 0 Å². The van der Waals surface area contributed by atoms with Crippen molar-refractivity contribution in [3.05, 3.63) is 22.8 Å². The second-order valence-electron chi connectivity index (χ2n) is 6.24. The molecule has 0 aliphatic carbocycles. The van der Waals surface area contributed by atoms with Gasteiger partial charge in [-0.15, -0.1) is 0 Å². The Hall–Kier alpha value is -1.30. The SMILES string of the molecule is CC(C)(C)OC(=O)NC1CCN(c2ccc(Br)cn2)CC1. The number of piperidine rings is 1. The van der Waals surface area contributed by atoms with Gasteiger partial charge in [0.2, 0.25) is 0 Å². The summed E-state index contributed by atoms with van der Waals surface area (Å²) in [5, 5.41) is 2.94. The predicted octanol–water partition coefficient (Wildman–Crippen LogP) is 3.34. The lowest BCUT2D eigenvalue weighted by molar-refractivity contribution is 0.0497. The third-order valence-corrected chi connectivity index (χ3v) is 3.72. The molecule has 0 unspecified atom stereocenters. The zero-order chi connectivity index (χ0) is 15.5. The maximum absolute atomic E-state index is 11.8. The predicted molar refractivity (Wildman–Crippen MR) is 86.5 cm³/mol. The van der Waals surface area contributed by atoms with Crippen LogP contribution in [-0.4, -0.2) is 35.8 Å². The Morgan fingerprint density at radius 3 is 2.57 bits per heavy atom. The molecule has 0 bridgehead atoms. The van der Waals surface area contributed by atoms with Crippen molar-refractivity contribution in [2.24, 2.45) is 0 Å². The summed E-state index contributed by atoms with van der Waals surface area (Å²) >= 11 is 3.39. The second kappa shape index (κ2) is 6.64. The molecule has 1 fully saturated rings. The molecule has 0 aromatic carbocycles. The first kappa shape index (κ1) is 16.1. The van der Waals surface area contributed by atoms with E-state index in [0.29, 0.717) is 0 Å². The van der Waals surface area contributed by atoms with Crippen LogP contribution in [0.2, 0.25) is 0 Å². The van der Waals surface area contributed by atoms with Crippen LogP contribution in [0, 0.1) is 0 Å². The number of carbonyl (C=O) groups excluding carboxylic acids is 1. The average molecular weight is 356 g/mol. The molecule has 6 heteroatoms. The minimum Gasteiger partial charge on any atom is -0.444 e. The number of hydrogen-bond donors (Lipinski definition) is 1. The van der Waals surface area contributed by atoms with E-state index < -0.39 is 5.60 Å². The summed E-state index contributed by atoms with van der Waals surface area (Å²) in [6.45, 7) is 7.38. The van der Waals surface area contributed by atoms with Gasteiger partial charge in [-0.1, -0.05) is 0 Å². The zero-order valence-electron chi connectivity index (χ0n) is 12.7. The maximum Gasteiger partial charge on any atom is 0.407 e. The first-order valence-corrected chi connectivity index (χ1v) is 7.99. The Morgan fingerprint density at radius 1 is 1.38 bits per heavy atom. The molecule has 2 heterocycles. The average Bonchev–Trinajstić information content (AvgIpc) is 2.38. The van der Waals surface area contributed by atoms with Crippen molar-refractivity contribution in [3.63, 3.8) is 0 Å². The number of pyridine rings is 1. The third kappa shape index (κ3) is 5.19. The summed E-state index contributed by atoms with van der Waals surface area (Å²) in [6.07, 6.45) is 3.27. The summed E-state index contributed by atoms with van der Waals surface area (Å²) in [5.74, 6) is 0.980. The van der Waals surface area contributed by atoms with E-state index in [9.17, 15) is 4.79 Å². The number of hydrogen-bond acceptors (Lipinski definition) is 4. The summed E-state index contributed by atoms with van der Waals surface area (Å²) in [6, 6.07) is 4.17. The number of nitrogens with one attached hydrogen (secondary N) is 1. The summed E-state index contributed by atoms with van der Waals surface area (Å²) < 4.78 is 6.26. The van der Waals surface area contributed by atoms with Gasteiger partial charge < -0.3 is 15.0 Å². The summed E-state index contributed by atoms with van der Waals surface area (Å²) in [4.78, 5) is 18.4. The molecule has 1 aliphatic heterocycles. The van der Waals surface area contributed by atoms with E-state index in [1.54, 1.807) is 6.20 Å². The van der Waals surface area contributed by atoms with Crippen LogP contribution in [0.3, 0.4) is 0 Å². The Balaban J connectivity index is 1.80. The van der Waals surface area contributed by atoms with Crippen LogP contribution >= 0.6 is 15.9 Å². The highest BCUT2D eigenvalue weighted by atomic mass is 79.9. The Labute approximate surface area is 134 Å². The molecule has 1 N–H and O–H groups in total. The van der Waals surface area contributed by atoms with E-state index in [1.165, 1.54) is 0 Å². The molecule has 5 nitrogen and oxygen atoms in total. The van der Waals surface area contributed by atoms with E-state index in [4.69, 9.17) is 4.74 Å². The Bertz CT molecular complexity index is 477. The smallest absolute Gasteiger partial charge is 0.407 e. The molecular formula is C15H22BrN3O2. The minimum atomic E-state index is -0.452. The van der Waals surface area contributed by atoms with Crippen molar-refractivity contribution >= 4 is 27.8 Å². The highest BCUT2D eigenvalue weighted by Crippen LogP contribution is 2.20. The van der Waals surface area contributed by atoms with Crippen LogP contribution in [-0.2, 0) is 4.74 Å². The number of amides is 1. The lowest BCUT2D eigenvalue weighted by atomic mass is 10.1. The van der Waals surface area contributed by atoms with Gasteiger partial charge in [-0.2, -0.15) is 0 Å². The monoisotopic (exact) mass is 355 g/mol. The van der Waals surface area contributed by atoms with Gasteiger partial charge in [-0.3, -0.25) is 0 Å². The molecule has 0 radical (unpaired) electrons. The van der Waals surface area contributed by atoms with E-state index in [-0.39, 0.29) is 12.1 Å². The van der Waals surface area contributed by atoms with E-state index in [2.05, 4.69) is 31.1 Å². The number of carbonyl (C=O) groups is 1. The molecule has 1 aromatic heterocycles. The van der Waals surface area contributed by atoms with Gasteiger partial charge in [0.05, 0.1) is 0 Å². The fraction of sp³-hybridized carbons (Fsp3) is 0.600. The molecule has 1 aromatic rings. The molecule has 1 aliphatic rings. The quantitative estimate of drug-likeness (QED) is 0.883. The first-order valence-electron chi connectivity index (χ1n) is 7.19. The molecule has 2 rings (SSSR count). The second-order valence-corrected chi connectivity index (χ2v) is 7.16. The van der Waals surface area contributed by atoms with Crippen LogP contribution in [0.25, 0.3) is 0 Å². The molecule has 0 saturated carbocycles. The van der Waals surface area contributed by atoms with Crippen molar-refractivity contribution in [3.8, 4) is 0 Å². The van der Waals surface area contributed by atoms with Crippen molar-refractivity contribution in [1.82, 2.24) is 10.3 Å². The van der Waals surface area contributed by atoms with Crippen molar-refractivity contribution in [2.75, 3.05) is 18.0 Å². The standard InChI is InChI=1S/C15H22BrN3O2/c1-15(2,3)21-14(20)18-12-6-8-19(9-7-12)13-5-4-11(16)10-17-13/h4-5,10,12H,6-9H2,1-3H3,(H,18,20). The molecule has 0 spiro atoms. The number of halogens is 1. The number of anilines is 1. The van der Waals surface area contributed by atoms with Gasteiger partial charge in [0, 0.05) is 29.8 Å². The fourth-order valence-electron chi connectivity index (χ4n) is 2.28. The zero-order valence-corrected chi connectivity index (χ0v) is 14.3. The van der Waals surface area contributed by atoms with Gasteiger partial charge in [-0.05, 0) is 61.7 Å². The fourth-order valence-corrected chi connectivity index (χ4v) is 2.52. The molecular weight excluding hydrogens is 334 g/mol. The Kier molecular flexibility index (Phi) is 5.08. The first-order chi connectivity index (χ1) is 9.83. The molecule has 0 atom stereocenters. The van der Waals surface area contributed by atoms with Crippen molar-refractivity contribution in [2.45, 2.75) is 45.3 Å². The van der Waals surface area contributed by atoms with Gasteiger partial charge in [0.1, 0.15) is 11.4 Å². The van der Waals surface area contributed by atoms with E-state index in [0.717, 1.165) is 36.2 Å². The topological polar surface area (TPSA) is 54.5 Å². The Morgan fingerprint density at radius 2 is 2.05 bits per heavy atom. The van der Waals surface area contributed by atoms with Gasteiger partial charge in [0.25, 0.3) is 0 Å². The van der Waals surface area contributed by atoms with Crippen molar-refractivity contribution < 1.29 is 9.53 Å². The summed E-state index contributed by atoms with van der Waals surface area (Å²) in [7, 11) is 0. The third-order valence-electron chi connectivity index (χ3n) is 3.25. The van der Waals surface area contributed by atoms with Gasteiger partial charge in [0.15, 0.2) is 0 Å². The maximum atomic E-state index is 11.8. The normalized spacial score (nSPS) is 16.7. The van der Waals surface area contributed by atoms with Gasteiger partial charge in [-0.25, -0.2) is 9.78 Å². The lowest BCUT2D eigenvalue weighted by Crippen LogP contribution is -2.46. The highest BCUT2D eigenvalue weighted by molar-refractivity contribution is 9.10. The number of ether oxygens (including phenoxy) is 1. The van der Waals surface area contributed by atoms with E-state index >= 15 is 0 Å². The minimum absolute atomic E-state index is 0.173. The number of aromatic nitrogens is 1. The van der Waals surface area contributed by atoms with Crippen LogP contribution in [0.5, 0.6) is 0 Å². The highest BCUT2D eigenvalue weighted by Gasteiger charge is 2.24. The molecule has 116 valence electrons.